The maximum atomic E-state index is 12.9. The van der Waals surface area contributed by atoms with Gasteiger partial charge in [0.15, 0.2) is 0 Å². The minimum atomic E-state index is -4.60. The molecule has 34 heavy (non-hydrogen) atoms. The number of carbonyl (C=O) groups excluding carboxylic acids is 1. The van der Waals surface area contributed by atoms with Crippen LogP contribution in [-0.4, -0.2) is 14.3 Å². The summed E-state index contributed by atoms with van der Waals surface area (Å²) in [5.41, 5.74) is -1.28. The van der Waals surface area contributed by atoms with E-state index in [2.05, 4.69) is 5.32 Å². The van der Waals surface area contributed by atoms with Gasteiger partial charge in [-0.2, -0.15) is 26.9 Å². The Morgan fingerprint density at radius 1 is 1.03 bits per heavy atom. The first-order valence-electron chi connectivity index (χ1n) is 9.38. The highest BCUT2D eigenvalue weighted by atomic mass is 35.5. The van der Waals surface area contributed by atoms with Crippen LogP contribution < -0.4 is 9.50 Å². The molecule has 0 atom stereocenters. The minimum absolute atomic E-state index is 0.0840. The Morgan fingerprint density at radius 2 is 1.71 bits per heavy atom. The van der Waals surface area contributed by atoms with Crippen molar-refractivity contribution < 1.29 is 30.6 Å². The van der Waals surface area contributed by atoms with E-state index in [1.807, 2.05) is 0 Å². The lowest BCUT2D eigenvalue weighted by Gasteiger charge is -2.10. The van der Waals surface area contributed by atoms with E-state index < -0.39 is 33.3 Å². The molecule has 0 heterocycles. The van der Waals surface area contributed by atoms with E-state index in [1.165, 1.54) is 54.6 Å². The molecule has 0 fully saturated rings. The molecule has 3 rings (SSSR count). The zero-order valence-corrected chi connectivity index (χ0v) is 18.6. The number of rotatable bonds is 6. The van der Waals surface area contributed by atoms with Crippen LogP contribution in [0.5, 0.6) is 5.75 Å². The first kappa shape index (κ1) is 24.8. The van der Waals surface area contributed by atoms with Crippen molar-refractivity contribution in [3.8, 4) is 11.8 Å². The molecule has 0 saturated heterocycles. The van der Waals surface area contributed by atoms with Crippen molar-refractivity contribution >= 4 is 39.4 Å². The fourth-order valence-corrected chi connectivity index (χ4v) is 3.77. The van der Waals surface area contributed by atoms with Crippen LogP contribution in [0.4, 0.5) is 18.9 Å². The number of nitrogens with zero attached hydrogens (tertiary/aromatic N) is 1. The molecule has 1 N–H and O–H groups in total. The van der Waals surface area contributed by atoms with E-state index in [-0.39, 0.29) is 21.9 Å². The summed E-state index contributed by atoms with van der Waals surface area (Å²) in [4.78, 5) is 12.3. The number of hydrogen-bond acceptors (Lipinski definition) is 5. The van der Waals surface area contributed by atoms with Gasteiger partial charge in [0, 0.05) is 10.7 Å². The van der Waals surface area contributed by atoms with Gasteiger partial charge in [0.05, 0.1) is 5.56 Å². The number of alkyl halides is 3. The molecule has 3 aromatic carbocycles. The number of hydrogen-bond donors (Lipinski definition) is 1. The zero-order chi connectivity index (χ0) is 24.9. The molecule has 174 valence electrons. The third-order valence-corrected chi connectivity index (χ3v) is 5.80. The monoisotopic (exact) mass is 506 g/mol. The first-order chi connectivity index (χ1) is 16.0. The molecule has 1 amide bonds. The van der Waals surface area contributed by atoms with Crippen LogP contribution in [0.3, 0.4) is 0 Å². The summed E-state index contributed by atoms with van der Waals surface area (Å²) in [6.07, 6.45) is -3.45. The second kappa shape index (κ2) is 9.99. The van der Waals surface area contributed by atoms with Crippen LogP contribution in [0.25, 0.3) is 6.08 Å². The molecule has 0 aliphatic rings. The van der Waals surface area contributed by atoms with Gasteiger partial charge in [-0.1, -0.05) is 29.8 Å². The van der Waals surface area contributed by atoms with Gasteiger partial charge in [-0.05, 0) is 66.2 Å². The van der Waals surface area contributed by atoms with E-state index in [4.69, 9.17) is 15.8 Å². The molecule has 0 spiro atoms. The molecule has 0 unspecified atom stereocenters. The molecule has 6 nitrogen and oxygen atoms in total. The van der Waals surface area contributed by atoms with Gasteiger partial charge in [0.1, 0.15) is 22.3 Å². The van der Waals surface area contributed by atoms with E-state index >= 15 is 0 Å². The number of amides is 1. The van der Waals surface area contributed by atoms with Crippen molar-refractivity contribution in [3.63, 3.8) is 0 Å². The van der Waals surface area contributed by atoms with Crippen molar-refractivity contribution in [2.24, 2.45) is 0 Å². The standard InChI is InChI=1S/C23H14ClF3N2O4S/c24-18-7-9-21(10-8-18)34(31,32)33-20-6-1-3-15(12-20)11-16(14-28)22(30)29-19-5-2-4-17(13-19)23(25,26)27/h1-13H,(H,29,30)/b16-11-. The molecule has 0 aliphatic carbocycles. The summed E-state index contributed by atoms with van der Waals surface area (Å²) >= 11 is 5.76. The van der Waals surface area contributed by atoms with Gasteiger partial charge >= 0.3 is 16.3 Å². The molecule has 0 radical (unpaired) electrons. The topological polar surface area (TPSA) is 96.3 Å². The largest absolute Gasteiger partial charge is 0.416 e. The third kappa shape index (κ3) is 6.37. The lowest BCUT2D eigenvalue weighted by molar-refractivity contribution is -0.137. The zero-order valence-electron chi connectivity index (χ0n) is 17.0. The molecule has 11 heteroatoms. The van der Waals surface area contributed by atoms with Crippen LogP contribution in [0.2, 0.25) is 5.02 Å². The van der Waals surface area contributed by atoms with Crippen molar-refractivity contribution in [3.05, 3.63) is 94.5 Å². The Balaban J connectivity index is 1.80. The maximum absolute atomic E-state index is 12.9. The SMILES string of the molecule is N#C/C(=C/c1cccc(OS(=O)(=O)c2ccc(Cl)cc2)c1)C(=O)Nc1cccc(C(F)(F)F)c1. The van der Waals surface area contributed by atoms with Gasteiger partial charge in [-0.15, -0.1) is 0 Å². The first-order valence-corrected chi connectivity index (χ1v) is 11.2. The highest BCUT2D eigenvalue weighted by Crippen LogP contribution is 2.31. The second-order valence-corrected chi connectivity index (χ2v) is 8.75. The maximum Gasteiger partial charge on any atom is 0.416 e. The van der Waals surface area contributed by atoms with Crippen molar-refractivity contribution in [1.82, 2.24) is 0 Å². The van der Waals surface area contributed by atoms with E-state index in [0.717, 1.165) is 24.3 Å². The van der Waals surface area contributed by atoms with Gasteiger partial charge in [-0.3, -0.25) is 4.79 Å². The smallest absolute Gasteiger partial charge is 0.379 e. The summed E-state index contributed by atoms with van der Waals surface area (Å²) in [7, 11) is -4.17. The Labute approximate surface area is 198 Å². The van der Waals surface area contributed by atoms with Crippen molar-refractivity contribution in [2.45, 2.75) is 11.1 Å². The molecule has 0 bridgehead atoms. The average molecular weight is 507 g/mol. The van der Waals surface area contributed by atoms with E-state index in [1.54, 1.807) is 6.07 Å². The predicted octanol–water partition coefficient (Wildman–Crippen LogP) is 5.67. The van der Waals surface area contributed by atoms with Gasteiger partial charge in [0.25, 0.3) is 5.91 Å². The highest BCUT2D eigenvalue weighted by Gasteiger charge is 2.30. The number of halogens is 4. The number of nitriles is 1. The predicted molar refractivity (Wildman–Crippen MR) is 119 cm³/mol. The summed E-state index contributed by atoms with van der Waals surface area (Å²) in [6, 6.07) is 16.5. The molecule has 0 aromatic heterocycles. The lowest BCUT2D eigenvalue weighted by Crippen LogP contribution is -2.14. The van der Waals surface area contributed by atoms with Crippen LogP contribution in [0, 0.1) is 11.3 Å². The Kier molecular flexibility index (Phi) is 7.29. The third-order valence-electron chi connectivity index (χ3n) is 4.29. The number of anilines is 1. The Bertz CT molecular complexity index is 1400. The summed E-state index contributed by atoms with van der Waals surface area (Å²) < 4.78 is 68.6. The van der Waals surface area contributed by atoms with Crippen LogP contribution in [-0.2, 0) is 21.1 Å². The normalized spacial score (nSPS) is 12.0. The van der Waals surface area contributed by atoms with Crippen molar-refractivity contribution in [2.75, 3.05) is 5.32 Å². The van der Waals surface area contributed by atoms with E-state index in [9.17, 15) is 31.6 Å². The Morgan fingerprint density at radius 3 is 2.35 bits per heavy atom. The number of nitrogens with one attached hydrogen (secondary N) is 1. The molecular weight excluding hydrogens is 493 g/mol. The Hall–Kier alpha value is -3.81. The molecule has 3 aromatic rings. The highest BCUT2D eigenvalue weighted by molar-refractivity contribution is 7.87. The molecular formula is C23H14ClF3N2O4S. The fourth-order valence-electron chi connectivity index (χ4n) is 2.72. The van der Waals surface area contributed by atoms with Crippen molar-refractivity contribution in [1.29, 1.82) is 5.26 Å². The average Bonchev–Trinajstić information content (AvgIpc) is 2.77. The molecule has 0 aliphatic heterocycles. The van der Waals surface area contributed by atoms with Crippen LogP contribution >= 0.6 is 11.6 Å². The summed E-state index contributed by atoms with van der Waals surface area (Å²) in [6.45, 7) is 0. The number of benzene rings is 3. The molecule has 0 saturated carbocycles. The van der Waals surface area contributed by atoms with Crippen LogP contribution in [0.15, 0.2) is 83.3 Å². The summed E-state index contributed by atoms with van der Waals surface area (Å²) in [5.74, 6) is -1.03. The van der Waals surface area contributed by atoms with Gasteiger partial charge in [-0.25, -0.2) is 0 Å². The van der Waals surface area contributed by atoms with Gasteiger partial charge < -0.3 is 9.50 Å². The fraction of sp³-hybridized carbons (Fsp3) is 0.0435. The summed E-state index contributed by atoms with van der Waals surface area (Å²) in [5, 5.41) is 11.9. The quantitative estimate of drug-likeness (QED) is 0.264. The van der Waals surface area contributed by atoms with Crippen LogP contribution in [0.1, 0.15) is 11.1 Å². The minimum Gasteiger partial charge on any atom is -0.379 e. The lowest BCUT2D eigenvalue weighted by atomic mass is 10.1. The number of carbonyl (C=O) groups is 1. The second-order valence-electron chi connectivity index (χ2n) is 6.77. The van der Waals surface area contributed by atoms with Gasteiger partial charge in [0.2, 0.25) is 0 Å². The van der Waals surface area contributed by atoms with E-state index in [0.29, 0.717) is 5.02 Å².